The summed E-state index contributed by atoms with van der Waals surface area (Å²) in [6.45, 7) is 5.40. The second-order valence-corrected chi connectivity index (χ2v) is 6.83. The Morgan fingerprint density at radius 3 is 2.50 bits per heavy atom. The highest BCUT2D eigenvalue weighted by atomic mass is 16.6. The Bertz CT molecular complexity index is 835. The van der Waals surface area contributed by atoms with Gasteiger partial charge in [-0.3, -0.25) is 14.9 Å². The SMILES string of the molecule is COc1cc([N+](=O)[O-])ccc1NC(=O)[C@H](C)[NH+]1CCN(c2ccccc2)CC1. The van der Waals surface area contributed by atoms with E-state index in [9.17, 15) is 14.9 Å². The summed E-state index contributed by atoms with van der Waals surface area (Å²) in [7, 11) is 1.42. The lowest BCUT2D eigenvalue weighted by Gasteiger charge is -2.36. The molecule has 0 aromatic heterocycles. The molecule has 1 amide bonds. The third kappa shape index (κ3) is 4.40. The maximum Gasteiger partial charge on any atom is 0.282 e. The Hall–Kier alpha value is -3.13. The molecule has 0 radical (unpaired) electrons. The van der Waals surface area contributed by atoms with Gasteiger partial charge in [-0.05, 0) is 25.1 Å². The van der Waals surface area contributed by atoms with Gasteiger partial charge < -0.3 is 19.9 Å². The van der Waals surface area contributed by atoms with Crippen LogP contribution in [0, 0.1) is 10.1 Å². The molecule has 8 nitrogen and oxygen atoms in total. The van der Waals surface area contributed by atoms with Gasteiger partial charge in [-0.25, -0.2) is 0 Å². The standard InChI is InChI=1S/C20H24N4O4/c1-15(22-10-12-23(13-11-22)16-6-4-3-5-7-16)20(25)21-18-9-8-17(24(26)27)14-19(18)28-2/h3-9,14-15H,10-13H2,1-2H3,(H,21,25)/p+1/t15-/m0/s1. The summed E-state index contributed by atoms with van der Waals surface area (Å²) in [6.07, 6.45) is 0. The Kier molecular flexibility index (Phi) is 6.10. The van der Waals surface area contributed by atoms with Gasteiger partial charge in [0.05, 0.1) is 50.0 Å². The molecule has 1 saturated heterocycles. The number of methoxy groups -OCH3 is 1. The number of anilines is 2. The molecule has 148 valence electrons. The van der Waals surface area contributed by atoms with Crippen LogP contribution in [-0.2, 0) is 4.79 Å². The number of nitro benzene ring substituents is 1. The summed E-state index contributed by atoms with van der Waals surface area (Å²) in [5, 5.41) is 13.7. The van der Waals surface area contributed by atoms with Gasteiger partial charge in [0.15, 0.2) is 6.04 Å². The zero-order valence-corrected chi connectivity index (χ0v) is 16.1. The highest BCUT2D eigenvalue weighted by molar-refractivity contribution is 5.95. The zero-order valence-electron chi connectivity index (χ0n) is 16.1. The van der Waals surface area contributed by atoms with E-state index in [-0.39, 0.29) is 23.4 Å². The highest BCUT2D eigenvalue weighted by Gasteiger charge is 2.29. The van der Waals surface area contributed by atoms with Crippen LogP contribution in [0.4, 0.5) is 17.1 Å². The van der Waals surface area contributed by atoms with Crippen molar-refractivity contribution in [3.63, 3.8) is 0 Å². The van der Waals surface area contributed by atoms with Crippen molar-refractivity contribution in [3.8, 4) is 5.75 Å². The number of carbonyl (C=O) groups excluding carboxylic acids is 1. The number of amides is 1. The van der Waals surface area contributed by atoms with Crippen molar-refractivity contribution in [2.45, 2.75) is 13.0 Å². The molecule has 1 aliphatic heterocycles. The first-order valence-corrected chi connectivity index (χ1v) is 9.27. The lowest BCUT2D eigenvalue weighted by molar-refractivity contribution is -0.914. The van der Waals surface area contributed by atoms with Gasteiger partial charge in [0.25, 0.3) is 11.6 Å². The number of rotatable bonds is 6. The van der Waals surface area contributed by atoms with Crippen LogP contribution in [0.25, 0.3) is 0 Å². The molecule has 1 aliphatic rings. The highest BCUT2D eigenvalue weighted by Crippen LogP contribution is 2.29. The van der Waals surface area contributed by atoms with E-state index in [1.807, 2.05) is 25.1 Å². The fraction of sp³-hybridized carbons (Fsp3) is 0.350. The molecule has 1 heterocycles. The van der Waals surface area contributed by atoms with E-state index in [1.54, 1.807) is 0 Å². The quantitative estimate of drug-likeness (QED) is 0.579. The number of hydrogen-bond acceptors (Lipinski definition) is 5. The molecular formula is C20H25N4O4+. The minimum atomic E-state index is -0.493. The second kappa shape index (κ2) is 8.71. The molecule has 1 atom stereocenters. The van der Waals surface area contributed by atoms with Crippen molar-refractivity contribution >= 4 is 23.0 Å². The second-order valence-electron chi connectivity index (χ2n) is 6.83. The fourth-order valence-electron chi connectivity index (χ4n) is 3.45. The number of nitrogens with one attached hydrogen (secondary N) is 2. The number of carbonyl (C=O) groups is 1. The average molecular weight is 385 g/mol. The van der Waals surface area contributed by atoms with Crippen LogP contribution < -0.4 is 19.9 Å². The van der Waals surface area contributed by atoms with Crippen molar-refractivity contribution < 1.29 is 19.4 Å². The summed E-state index contributed by atoms with van der Waals surface area (Å²) in [6, 6.07) is 14.2. The fourth-order valence-corrected chi connectivity index (χ4v) is 3.45. The largest absolute Gasteiger partial charge is 0.494 e. The van der Waals surface area contributed by atoms with Crippen molar-refractivity contribution in [3.05, 3.63) is 58.6 Å². The number of non-ortho nitro benzene ring substituents is 1. The number of ether oxygens (including phenoxy) is 1. The normalized spacial score (nSPS) is 15.7. The van der Waals surface area contributed by atoms with Gasteiger partial charge in [-0.1, -0.05) is 18.2 Å². The molecule has 28 heavy (non-hydrogen) atoms. The predicted octanol–water partition coefficient (Wildman–Crippen LogP) is 1.34. The molecule has 3 rings (SSSR count). The molecule has 0 bridgehead atoms. The Labute approximate surface area is 163 Å². The van der Waals surface area contributed by atoms with E-state index in [1.165, 1.54) is 35.9 Å². The zero-order chi connectivity index (χ0) is 20.1. The first-order chi connectivity index (χ1) is 13.5. The van der Waals surface area contributed by atoms with E-state index in [4.69, 9.17) is 4.74 Å². The summed E-state index contributed by atoms with van der Waals surface area (Å²) in [5.74, 6) is 0.147. The number of para-hydroxylation sites is 1. The molecule has 0 spiro atoms. The topological polar surface area (TPSA) is 89.1 Å². The van der Waals surface area contributed by atoms with Crippen LogP contribution in [0.3, 0.4) is 0 Å². The third-order valence-corrected chi connectivity index (χ3v) is 5.19. The molecule has 0 unspecified atom stereocenters. The van der Waals surface area contributed by atoms with Crippen LogP contribution in [0.1, 0.15) is 6.92 Å². The molecule has 2 aromatic carbocycles. The molecular weight excluding hydrogens is 360 g/mol. The van der Waals surface area contributed by atoms with Crippen LogP contribution in [0.15, 0.2) is 48.5 Å². The number of piperazine rings is 1. The maximum absolute atomic E-state index is 12.7. The van der Waals surface area contributed by atoms with Gasteiger partial charge in [-0.2, -0.15) is 0 Å². The molecule has 2 aromatic rings. The third-order valence-electron chi connectivity index (χ3n) is 5.19. The molecule has 0 aliphatic carbocycles. The van der Waals surface area contributed by atoms with Crippen LogP contribution >= 0.6 is 0 Å². The van der Waals surface area contributed by atoms with Crippen LogP contribution in [0.5, 0.6) is 5.75 Å². The summed E-state index contributed by atoms with van der Waals surface area (Å²) in [5.41, 5.74) is 1.56. The minimum absolute atomic E-state index is 0.0782. The van der Waals surface area contributed by atoms with E-state index < -0.39 is 4.92 Å². The van der Waals surface area contributed by atoms with Crippen molar-refractivity contribution in [1.29, 1.82) is 0 Å². The minimum Gasteiger partial charge on any atom is -0.494 e. The smallest absolute Gasteiger partial charge is 0.282 e. The number of benzene rings is 2. The van der Waals surface area contributed by atoms with Crippen molar-refractivity contribution in [2.75, 3.05) is 43.5 Å². The Morgan fingerprint density at radius 2 is 1.89 bits per heavy atom. The number of hydrogen-bond donors (Lipinski definition) is 2. The Balaban J connectivity index is 1.60. The van der Waals surface area contributed by atoms with Gasteiger partial charge >= 0.3 is 0 Å². The van der Waals surface area contributed by atoms with Gasteiger partial charge in [0.1, 0.15) is 5.75 Å². The summed E-state index contributed by atoms with van der Waals surface area (Å²) in [4.78, 5) is 26.7. The number of quaternary nitrogens is 1. The van der Waals surface area contributed by atoms with Gasteiger partial charge in [0.2, 0.25) is 0 Å². The monoisotopic (exact) mass is 385 g/mol. The Morgan fingerprint density at radius 1 is 1.21 bits per heavy atom. The van der Waals surface area contributed by atoms with Crippen LogP contribution in [-0.4, -0.2) is 50.2 Å². The molecule has 0 saturated carbocycles. The summed E-state index contributed by atoms with van der Waals surface area (Å²) < 4.78 is 5.19. The predicted molar refractivity (Wildman–Crippen MR) is 107 cm³/mol. The lowest BCUT2D eigenvalue weighted by Crippen LogP contribution is -3.19. The lowest BCUT2D eigenvalue weighted by atomic mass is 10.2. The van der Waals surface area contributed by atoms with Crippen LogP contribution in [0.2, 0.25) is 0 Å². The van der Waals surface area contributed by atoms with E-state index in [0.717, 1.165) is 26.2 Å². The van der Waals surface area contributed by atoms with Gasteiger partial charge in [0, 0.05) is 11.8 Å². The molecule has 8 heteroatoms. The van der Waals surface area contributed by atoms with Gasteiger partial charge in [-0.15, -0.1) is 0 Å². The molecule has 2 N–H and O–H groups in total. The van der Waals surface area contributed by atoms with Crippen molar-refractivity contribution in [2.24, 2.45) is 0 Å². The first kappa shape index (κ1) is 19.6. The van der Waals surface area contributed by atoms with Crippen molar-refractivity contribution in [1.82, 2.24) is 0 Å². The van der Waals surface area contributed by atoms with E-state index >= 15 is 0 Å². The number of nitro groups is 1. The summed E-state index contributed by atoms with van der Waals surface area (Å²) >= 11 is 0. The first-order valence-electron chi connectivity index (χ1n) is 9.27. The average Bonchev–Trinajstić information content (AvgIpc) is 2.74. The van der Waals surface area contributed by atoms with E-state index in [2.05, 4.69) is 22.3 Å². The molecule has 1 fully saturated rings. The van der Waals surface area contributed by atoms with E-state index in [0.29, 0.717) is 5.69 Å². The number of nitrogens with zero attached hydrogens (tertiary/aromatic N) is 2. The maximum atomic E-state index is 12.7.